The maximum atomic E-state index is 12.6. The molecule has 1 heterocycles. The van der Waals surface area contributed by atoms with Crippen LogP contribution in [0.1, 0.15) is 13.8 Å². The molecule has 3 rings (SSSR count). The quantitative estimate of drug-likeness (QED) is 0.600. The zero-order valence-corrected chi connectivity index (χ0v) is 15.0. The third-order valence-electron chi connectivity index (χ3n) is 3.47. The number of carbonyl (C=O) groups is 1. The number of rotatable bonds is 5. The van der Waals surface area contributed by atoms with Gasteiger partial charge in [-0.25, -0.2) is 4.98 Å². The molecular formula is C18H17ClN2O2S. The van der Waals surface area contributed by atoms with Gasteiger partial charge in [0, 0.05) is 16.8 Å². The molecule has 0 aliphatic carbocycles. The first kappa shape index (κ1) is 16.9. The number of nitrogens with zero attached hydrogens (tertiary/aromatic N) is 2. The minimum absolute atomic E-state index is 0.0153. The van der Waals surface area contributed by atoms with E-state index in [4.69, 9.17) is 16.0 Å². The summed E-state index contributed by atoms with van der Waals surface area (Å²) in [7, 11) is 0. The summed E-state index contributed by atoms with van der Waals surface area (Å²) in [5, 5.41) is 1.08. The number of fused-ring (bicyclic) bond motifs is 1. The second kappa shape index (κ2) is 7.28. The molecule has 2 aromatic carbocycles. The number of anilines is 1. The number of hydrogen-bond acceptors (Lipinski definition) is 4. The number of carbonyl (C=O) groups excluding carboxylic acids is 1. The number of amides is 1. The Labute approximate surface area is 149 Å². The van der Waals surface area contributed by atoms with Gasteiger partial charge in [-0.3, -0.25) is 4.79 Å². The molecule has 0 spiro atoms. The molecule has 4 nitrogen and oxygen atoms in total. The summed E-state index contributed by atoms with van der Waals surface area (Å²) < 4.78 is 5.64. The second-order valence-corrected chi connectivity index (χ2v) is 6.94. The second-order valence-electron chi connectivity index (χ2n) is 5.57. The Kier molecular flexibility index (Phi) is 5.11. The summed E-state index contributed by atoms with van der Waals surface area (Å²) in [5.41, 5.74) is 2.25. The van der Waals surface area contributed by atoms with Gasteiger partial charge in [0.1, 0.15) is 5.52 Å². The molecular weight excluding hydrogens is 344 g/mol. The van der Waals surface area contributed by atoms with E-state index in [1.165, 1.54) is 11.8 Å². The molecule has 6 heteroatoms. The summed E-state index contributed by atoms with van der Waals surface area (Å²) in [6.45, 7) is 3.99. The van der Waals surface area contributed by atoms with E-state index in [-0.39, 0.29) is 17.7 Å². The van der Waals surface area contributed by atoms with Crippen molar-refractivity contribution in [3.05, 3.63) is 53.6 Å². The highest BCUT2D eigenvalue weighted by Gasteiger charge is 2.20. The largest absolute Gasteiger partial charge is 0.431 e. The first-order valence-electron chi connectivity index (χ1n) is 7.60. The Morgan fingerprint density at radius 3 is 2.71 bits per heavy atom. The van der Waals surface area contributed by atoms with E-state index in [2.05, 4.69) is 4.98 Å². The number of aromatic nitrogens is 1. The van der Waals surface area contributed by atoms with Crippen LogP contribution in [-0.2, 0) is 4.79 Å². The van der Waals surface area contributed by atoms with E-state index in [9.17, 15) is 4.79 Å². The Morgan fingerprint density at radius 1 is 1.25 bits per heavy atom. The van der Waals surface area contributed by atoms with Gasteiger partial charge in [0.25, 0.3) is 5.22 Å². The summed E-state index contributed by atoms with van der Waals surface area (Å²) in [5.74, 6) is 0.273. The van der Waals surface area contributed by atoms with Gasteiger partial charge in [0.05, 0.1) is 5.75 Å². The van der Waals surface area contributed by atoms with Gasteiger partial charge in [0.2, 0.25) is 5.91 Å². The van der Waals surface area contributed by atoms with Gasteiger partial charge in [-0.15, -0.1) is 0 Å². The van der Waals surface area contributed by atoms with Crippen molar-refractivity contribution in [2.75, 3.05) is 10.7 Å². The first-order chi connectivity index (χ1) is 11.5. The molecule has 0 aliphatic heterocycles. The van der Waals surface area contributed by atoms with Crippen LogP contribution >= 0.6 is 23.4 Å². The minimum atomic E-state index is 0.0153. The molecule has 1 amide bonds. The molecule has 3 aromatic rings. The van der Waals surface area contributed by atoms with Crippen LogP contribution in [0.5, 0.6) is 0 Å². The van der Waals surface area contributed by atoms with Crippen molar-refractivity contribution in [2.24, 2.45) is 0 Å². The van der Waals surface area contributed by atoms with E-state index in [1.54, 1.807) is 23.1 Å². The van der Waals surface area contributed by atoms with Crippen LogP contribution in [0.25, 0.3) is 11.1 Å². The van der Waals surface area contributed by atoms with E-state index < -0.39 is 0 Å². The number of hydrogen-bond donors (Lipinski definition) is 0. The van der Waals surface area contributed by atoms with Gasteiger partial charge >= 0.3 is 0 Å². The molecule has 24 heavy (non-hydrogen) atoms. The average molecular weight is 361 g/mol. The van der Waals surface area contributed by atoms with Crippen molar-refractivity contribution in [1.82, 2.24) is 4.98 Å². The predicted molar refractivity (Wildman–Crippen MR) is 98.8 cm³/mol. The maximum Gasteiger partial charge on any atom is 0.257 e. The summed E-state index contributed by atoms with van der Waals surface area (Å²) in [6.07, 6.45) is 0. The number of thioether (sulfide) groups is 1. The number of oxazole rings is 1. The molecule has 1 aromatic heterocycles. The Balaban J connectivity index is 1.73. The van der Waals surface area contributed by atoms with E-state index in [1.807, 2.05) is 44.2 Å². The molecule has 0 radical (unpaired) electrons. The smallest absolute Gasteiger partial charge is 0.257 e. The number of halogens is 1. The lowest BCUT2D eigenvalue weighted by Gasteiger charge is -2.26. The Hall–Kier alpha value is -1.98. The van der Waals surface area contributed by atoms with Crippen LogP contribution in [0.2, 0.25) is 5.02 Å². The van der Waals surface area contributed by atoms with Gasteiger partial charge < -0.3 is 9.32 Å². The molecule has 0 unspecified atom stereocenters. The van der Waals surface area contributed by atoms with E-state index >= 15 is 0 Å². The lowest BCUT2D eigenvalue weighted by Crippen LogP contribution is -2.38. The van der Waals surface area contributed by atoms with Gasteiger partial charge in [-0.05, 0) is 44.2 Å². The van der Waals surface area contributed by atoms with Crippen LogP contribution in [0.15, 0.2) is 58.2 Å². The fourth-order valence-electron chi connectivity index (χ4n) is 2.45. The summed E-state index contributed by atoms with van der Waals surface area (Å²) in [4.78, 5) is 18.8. The maximum absolute atomic E-state index is 12.6. The third kappa shape index (κ3) is 3.74. The third-order valence-corrected chi connectivity index (χ3v) is 4.52. The van der Waals surface area contributed by atoms with E-state index in [0.717, 1.165) is 5.69 Å². The van der Waals surface area contributed by atoms with Crippen molar-refractivity contribution in [1.29, 1.82) is 0 Å². The highest BCUT2D eigenvalue weighted by molar-refractivity contribution is 7.99. The molecule has 124 valence electrons. The van der Waals surface area contributed by atoms with Crippen LogP contribution in [0.4, 0.5) is 5.69 Å². The van der Waals surface area contributed by atoms with Crippen molar-refractivity contribution in [2.45, 2.75) is 25.1 Å². The van der Waals surface area contributed by atoms with Gasteiger partial charge in [-0.2, -0.15) is 0 Å². The molecule has 0 bridgehead atoms. The topological polar surface area (TPSA) is 46.3 Å². The molecule has 0 atom stereocenters. The standard InChI is InChI=1S/C18H17ClN2O2S/c1-12(2)21(14-6-4-3-5-7-14)17(22)11-24-18-20-15-10-13(19)8-9-16(15)23-18/h3-10,12H,11H2,1-2H3. The SMILES string of the molecule is CC(C)N(C(=O)CSc1nc2cc(Cl)ccc2o1)c1ccccc1. The van der Waals surface area contributed by atoms with Crippen LogP contribution in [0, 0.1) is 0 Å². The molecule has 0 aliphatic rings. The molecule has 0 saturated carbocycles. The average Bonchev–Trinajstić information content (AvgIpc) is 2.95. The summed E-state index contributed by atoms with van der Waals surface area (Å²) >= 11 is 7.24. The molecule has 0 saturated heterocycles. The number of para-hydroxylation sites is 1. The predicted octanol–water partition coefficient (Wildman–Crippen LogP) is 5.01. The summed E-state index contributed by atoms with van der Waals surface area (Å²) in [6, 6.07) is 15.0. The molecule has 0 N–H and O–H groups in total. The van der Waals surface area contributed by atoms with Crippen LogP contribution < -0.4 is 4.90 Å². The lowest BCUT2D eigenvalue weighted by atomic mass is 10.2. The molecule has 0 fully saturated rings. The van der Waals surface area contributed by atoms with Crippen molar-refractivity contribution >= 4 is 46.1 Å². The zero-order valence-electron chi connectivity index (χ0n) is 13.4. The normalized spacial score (nSPS) is 11.2. The first-order valence-corrected chi connectivity index (χ1v) is 8.97. The van der Waals surface area contributed by atoms with Crippen molar-refractivity contribution < 1.29 is 9.21 Å². The fourth-order valence-corrected chi connectivity index (χ4v) is 3.32. The highest BCUT2D eigenvalue weighted by Crippen LogP contribution is 2.26. The number of benzene rings is 2. The monoisotopic (exact) mass is 360 g/mol. The Morgan fingerprint density at radius 2 is 2.00 bits per heavy atom. The highest BCUT2D eigenvalue weighted by atomic mass is 35.5. The Bertz CT molecular complexity index is 849. The van der Waals surface area contributed by atoms with Crippen molar-refractivity contribution in [3.63, 3.8) is 0 Å². The minimum Gasteiger partial charge on any atom is -0.431 e. The lowest BCUT2D eigenvalue weighted by molar-refractivity contribution is -0.116. The van der Waals surface area contributed by atoms with E-state index in [0.29, 0.717) is 21.3 Å². The van der Waals surface area contributed by atoms with Gasteiger partial charge in [0.15, 0.2) is 5.58 Å². The van der Waals surface area contributed by atoms with Crippen LogP contribution in [-0.4, -0.2) is 22.7 Å². The fraction of sp³-hybridized carbons (Fsp3) is 0.222. The zero-order chi connectivity index (χ0) is 17.1. The van der Waals surface area contributed by atoms with Crippen LogP contribution in [0.3, 0.4) is 0 Å². The van der Waals surface area contributed by atoms with Gasteiger partial charge in [-0.1, -0.05) is 41.6 Å². The van der Waals surface area contributed by atoms with Crippen molar-refractivity contribution in [3.8, 4) is 0 Å².